The topological polar surface area (TPSA) is 139 Å². The number of hydrogen-bond acceptors (Lipinski definition) is 6. The third kappa shape index (κ3) is 7.83. The molecular formula is C26H30BN5O4S. The average molecular weight is 519 g/mol. The summed E-state index contributed by atoms with van der Waals surface area (Å²) in [6.45, 7) is 6.11. The molecule has 2 atom stereocenters. The van der Waals surface area contributed by atoms with Crippen molar-refractivity contribution >= 4 is 41.7 Å². The van der Waals surface area contributed by atoms with Crippen LogP contribution in [0.25, 0.3) is 0 Å². The minimum atomic E-state index is -1.71. The molecule has 1 amide bonds. The first kappa shape index (κ1) is 27.8. The Morgan fingerprint density at radius 3 is 2.32 bits per heavy atom. The monoisotopic (exact) mass is 519 g/mol. The summed E-state index contributed by atoms with van der Waals surface area (Å²) in [7, 11) is 3.98. The van der Waals surface area contributed by atoms with E-state index in [0.717, 1.165) is 0 Å². The van der Waals surface area contributed by atoms with Gasteiger partial charge >= 0.3 is 0 Å². The van der Waals surface area contributed by atoms with Gasteiger partial charge < -0.3 is 20.5 Å². The average Bonchev–Trinajstić information content (AvgIpc) is 2.87. The molecule has 0 aromatic heterocycles. The van der Waals surface area contributed by atoms with Gasteiger partial charge in [0.25, 0.3) is 5.91 Å². The Kier molecular flexibility index (Phi) is 9.70. The fourth-order valence-electron chi connectivity index (χ4n) is 3.36. The van der Waals surface area contributed by atoms with E-state index in [2.05, 4.69) is 15.6 Å². The summed E-state index contributed by atoms with van der Waals surface area (Å²) in [6.07, 6.45) is -0.0606. The number of rotatable bonds is 12. The van der Waals surface area contributed by atoms with E-state index in [1.807, 2.05) is 20.8 Å². The van der Waals surface area contributed by atoms with Crippen LogP contribution in [0.4, 0.5) is 5.69 Å². The number of carbonyl (C=O) groups is 1. The molecule has 0 aliphatic rings. The molecule has 3 aromatic carbocycles. The molecule has 2 radical (unpaired) electrons. The normalized spacial score (nSPS) is 12.4. The number of hydrazine groups is 1. The number of benzene rings is 3. The number of ether oxygens (including phenoxy) is 2. The van der Waals surface area contributed by atoms with Crippen LogP contribution >= 0.6 is 0 Å². The Morgan fingerprint density at radius 1 is 1.05 bits per heavy atom. The summed E-state index contributed by atoms with van der Waals surface area (Å²) in [4.78, 5) is 16.3. The Morgan fingerprint density at radius 2 is 1.73 bits per heavy atom. The van der Waals surface area contributed by atoms with Crippen molar-refractivity contribution in [1.29, 1.82) is 5.41 Å². The van der Waals surface area contributed by atoms with Crippen molar-refractivity contribution < 1.29 is 18.5 Å². The van der Waals surface area contributed by atoms with Crippen molar-refractivity contribution in [3.8, 4) is 11.5 Å². The van der Waals surface area contributed by atoms with Crippen molar-refractivity contribution in [2.45, 2.75) is 37.8 Å². The lowest BCUT2D eigenvalue weighted by atomic mass is 9.97. The van der Waals surface area contributed by atoms with E-state index >= 15 is 0 Å². The highest BCUT2D eigenvalue weighted by molar-refractivity contribution is 7.83. The number of amides is 1. The predicted molar refractivity (Wildman–Crippen MR) is 147 cm³/mol. The maximum atomic E-state index is 13.3. The summed E-state index contributed by atoms with van der Waals surface area (Å²) >= 11 is 0. The molecule has 0 saturated carbocycles. The Bertz CT molecular complexity index is 1250. The smallest absolute Gasteiger partial charge is 0.262 e. The van der Waals surface area contributed by atoms with Crippen LogP contribution in [0.2, 0.25) is 0 Å². The van der Waals surface area contributed by atoms with Gasteiger partial charge in [0, 0.05) is 11.3 Å². The molecule has 0 spiro atoms. The van der Waals surface area contributed by atoms with Crippen molar-refractivity contribution in [3.05, 3.63) is 77.9 Å². The van der Waals surface area contributed by atoms with Gasteiger partial charge in [-0.3, -0.25) is 15.6 Å². The van der Waals surface area contributed by atoms with Gasteiger partial charge in [0.05, 0.1) is 17.6 Å². The number of carbonyl (C=O) groups excluding carboxylic acids is 1. The maximum absolute atomic E-state index is 13.3. The van der Waals surface area contributed by atoms with Crippen LogP contribution in [0.3, 0.4) is 0 Å². The molecule has 0 aliphatic heterocycles. The van der Waals surface area contributed by atoms with E-state index in [4.69, 9.17) is 28.5 Å². The first-order valence-electron chi connectivity index (χ1n) is 11.6. The first-order chi connectivity index (χ1) is 17.7. The summed E-state index contributed by atoms with van der Waals surface area (Å²) in [5.41, 5.74) is 10.4. The molecule has 2 unspecified atom stereocenters. The molecule has 11 heteroatoms. The third-order valence-corrected chi connectivity index (χ3v) is 6.08. The lowest BCUT2D eigenvalue weighted by Crippen LogP contribution is -2.43. The first-order valence-corrected chi connectivity index (χ1v) is 12.8. The summed E-state index contributed by atoms with van der Waals surface area (Å²) in [5, 5.41) is 10.8. The van der Waals surface area contributed by atoms with Crippen molar-refractivity contribution in [3.63, 3.8) is 0 Å². The molecular weight excluding hydrogens is 489 g/mol. The highest BCUT2D eigenvalue weighted by Gasteiger charge is 2.23. The molecule has 3 rings (SSSR count). The second kappa shape index (κ2) is 12.9. The van der Waals surface area contributed by atoms with E-state index in [1.54, 1.807) is 66.7 Å². The van der Waals surface area contributed by atoms with E-state index in [9.17, 15) is 9.00 Å². The molecule has 3 aromatic rings. The van der Waals surface area contributed by atoms with Crippen LogP contribution in [0, 0.1) is 5.41 Å². The SMILES string of the molecule is [B]c1ccc(S(=O)NNC(=O)C(Nc2ccc(C(=N)N)cc2)c2ccc(OC(C)C)c(OCC)c2)cc1. The highest BCUT2D eigenvalue weighted by atomic mass is 32.2. The predicted octanol–water partition coefficient (Wildman–Crippen LogP) is 2.45. The van der Waals surface area contributed by atoms with Gasteiger partial charge in [0.2, 0.25) is 0 Å². The molecule has 0 saturated heterocycles. The van der Waals surface area contributed by atoms with E-state index < -0.39 is 22.9 Å². The van der Waals surface area contributed by atoms with Gasteiger partial charge in [-0.05, 0) is 74.9 Å². The standard InChI is InChI=1S/C26H30BN5O4S/c1-4-35-23-15-18(7-14-22(23)36-16(2)3)24(30-20-10-5-17(6-11-20)25(28)29)26(33)31-32-37(34)21-12-8-19(27)9-13-21/h5-16,24,30,32H,4H2,1-3H3,(H3,28,29)(H,31,33). The lowest BCUT2D eigenvalue weighted by molar-refractivity contribution is -0.122. The summed E-state index contributed by atoms with van der Waals surface area (Å²) in [5.74, 6) is 0.517. The molecule has 192 valence electrons. The Hall–Kier alpha value is -3.83. The van der Waals surface area contributed by atoms with Crippen molar-refractivity contribution in [2.24, 2.45) is 5.73 Å². The molecule has 6 N–H and O–H groups in total. The molecule has 0 aliphatic carbocycles. The van der Waals surface area contributed by atoms with Gasteiger partial charge in [-0.25, -0.2) is 4.21 Å². The van der Waals surface area contributed by atoms with Crippen molar-refractivity contribution in [1.82, 2.24) is 10.3 Å². The maximum Gasteiger partial charge on any atom is 0.262 e. The fraction of sp³-hybridized carbons (Fsp3) is 0.231. The third-order valence-electron chi connectivity index (χ3n) is 5.09. The van der Waals surface area contributed by atoms with Crippen LogP contribution in [-0.2, 0) is 15.8 Å². The molecule has 0 heterocycles. The molecule has 0 bridgehead atoms. The van der Waals surface area contributed by atoms with Crippen LogP contribution in [0.5, 0.6) is 11.5 Å². The Labute approximate surface area is 220 Å². The zero-order chi connectivity index (χ0) is 26.9. The van der Waals surface area contributed by atoms with E-state index in [-0.39, 0.29) is 11.9 Å². The quantitative estimate of drug-likeness (QED) is 0.108. The molecule has 9 nitrogen and oxygen atoms in total. The largest absolute Gasteiger partial charge is 0.490 e. The van der Waals surface area contributed by atoms with Gasteiger partial charge in [-0.15, -0.1) is 4.83 Å². The highest BCUT2D eigenvalue weighted by Crippen LogP contribution is 2.33. The zero-order valence-electron chi connectivity index (χ0n) is 20.9. The number of nitrogens with one attached hydrogen (secondary N) is 4. The van der Waals surface area contributed by atoms with E-state index in [1.165, 1.54) is 0 Å². The number of anilines is 1. The van der Waals surface area contributed by atoms with Gasteiger partial charge in [-0.2, -0.15) is 0 Å². The number of hydrogen-bond donors (Lipinski definition) is 5. The van der Waals surface area contributed by atoms with Crippen LogP contribution in [-0.4, -0.2) is 36.5 Å². The van der Waals surface area contributed by atoms with Crippen molar-refractivity contribution in [2.75, 3.05) is 11.9 Å². The van der Waals surface area contributed by atoms with Crippen LogP contribution in [0.15, 0.2) is 71.6 Å². The van der Waals surface area contributed by atoms with Crippen LogP contribution < -0.4 is 36.2 Å². The summed E-state index contributed by atoms with van der Waals surface area (Å²) in [6, 6.07) is 17.6. The van der Waals surface area contributed by atoms with Gasteiger partial charge in [-0.1, -0.05) is 23.7 Å². The second-order valence-electron chi connectivity index (χ2n) is 8.30. The van der Waals surface area contributed by atoms with Gasteiger partial charge in [0.15, 0.2) is 11.5 Å². The van der Waals surface area contributed by atoms with Gasteiger partial charge in [0.1, 0.15) is 30.7 Å². The Balaban J connectivity index is 1.88. The molecule has 37 heavy (non-hydrogen) atoms. The minimum Gasteiger partial charge on any atom is -0.490 e. The minimum absolute atomic E-state index is 0.0581. The number of nitrogens with two attached hydrogens (primary N) is 1. The summed E-state index contributed by atoms with van der Waals surface area (Å²) < 4.78 is 24.2. The zero-order valence-corrected chi connectivity index (χ0v) is 21.7. The van der Waals surface area contributed by atoms with Crippen LogP contribution in [0.1, 0.15) is 37.9 Å². The second-order valence-corrected chi connectivity index (χ2v) is 9.52. The molecule has 0 fully saturated rings. The number of amidine groups is 1. The lowest BCUT2D eigenvalue weighted by Gasteiger charge is -2.22. The number of nitrogen functional groups attached to an aromatic ring is 1. The van der Waals surface area contributed by atoms with E-state index in [0.29, 0.717) is 45.3 Å². The fourth-order valence-corrected chi connectivity index (χ4v) is 4.05.